The summed E-state index contributed by atoms with van der Waals surface area (Å²) in [5, 5.41) is 0. The van der Waals surface area contributed by atoms with Gasteiger partial charge >= 0.3 is 0 Å². The first-order chi connectivity index (χ1) is 8.81. The molecule has 0 radical (unpaired) electrons. The zero-order valence-corrected chi connectivity index (χ0v) is 11.5. The highest BCUT2D eigenvalue weighted by atomic mass is 16.7. The van der Waals surface area contributed by atoms with Gasteiger partial charge in [0.05, 0.1) is 6.61 Å². The van der Waals surface area contributed by atoms with Gasteiger partial charge in [0.15, 0.2) is 6.29 Å². The first-order valence-electron chi connectivity index (χ1n) is 6.89. The van der Waals surface area contributed by atoms with Gasteiger partial charge in [-0.1, -0.05) is 31.9 Å². The Morgan fingerprint density at radius 2 is 2.06 bits per heavy atom. The van der Waals surface area contributed by atoms with Crippen molar-refractivity contribution in [2.24, 2.45) is 0 Å². The van der Waals surface area contributed by atoms with E-state index in [0.717, 1.165) is 43.3 Å². The number of hydrogen-bond donors (Lipinski definition) is 0. The Hall–Kier alpha value is -0.930. The summed E-state index contributed by atoms with van der Waals surface area (Å²) < 4.78 is 11.4. The predicted octanol–water partition coefficient (Wildman–Crippen LogP) is 3.40. The second kappa shape index (κ2) is 9.06. The van der Waals surface area contributed by atoms with Crippen LogP contribution in [0.2, 0.25) is 0 Å². The average Bonchev–Trinajstić information content (AvgIpc) is 2.42. The number of rotatable bonds is 9. The van der Waals surface area contributed by atoms with Gasteiger partial charge in [0.25, 0.3) is 0 Å². The van der Waals surface area contributed by atoms with Gasteiger partial charge in [-0.05, 0) is 37.3 Å². The van der Waals surface area contributed by atoms with Crippen molar-refractivity contribution in [3.63, 3.8) is 0 Å². The summed E-state index contributed by atoms with van der Waals surface area (Å²) in [7, 11) is 0. The fraction of sp³-hybridized carbons (Fsp3) is 0.667. The van der Waals surface area contributed by atoms with E-state index in [9.17, 15) is 4.79 Å². The smallest absolute Gasteiger partial charge is 0.180 e. The van der Waals surface area contributed by atoms with E-state index in [1.807, 2.05) is 19.1 Å². The normalized spacial score (nSPS) is 17.0. The number of hydrogen-bond acceptors (Lipinski definition) is 3. The number of aldehydes is 1. The molecule has 0 fully saturated rings. The van der Waals surface area contributed by atoms with Gasteiger partial charge in [0.2, 0.25) is 0 Å². The third kappa shape index (κ3) is 5.15. The van der Waals surface area contributed by atoms with Crippen molar-refractivity contribution in [3.05, 3.63) is 23.3 Å². The number of unbranched alkanes of at least 4 members (excludes halogenated alkanes) is 2. The van der Waals surface area contributed by atoms with E-state index < -0.39 is 0 Å². The lowest BCUT2D eigenvalue weighted by atomic mass is 9.99. The summed E-state index contributed by atoms with van der Waals surface area (Å²) in [6, 6.07) is 0. The molecule has 3 heteroatoms. The minimum Gasteiger partial charge on any atom is -0.349 e. The molecule has 102 valence electrons. The van der Waals surface area contributed by atoms with Gasteiger partial charge < -0.3 is 9.47 Å². The van der Waals surface area contributed by atoms with E-state index in [1.54, 1.807) is 0 Å². The van der Waals surface area contributed by atoms with Gasteiger partial charge in [0.1, 0.15) is 6.29 Å². The van der Waals surface area contributed by atoms with E-state index in [4.69, 9.17) is 9.47 Å². The van der Waals surface area contributed by atoms with E-state index >= 15 is 0 Å². The van der Waals surface area contributed by atoms with Crippen LogP contribution in [-0.2, 0) is 14.3 Å². The summed E-state index contributed by atoms with van der Waals surface area (Å²) in [4.78, 5) is 10.6. The average molecular weight is 252 g/mol. The molecule has 0 heterocycles. The molecule has 1 aliphatic carbocycles. The van der Waals surface area contributed by atoms with Crippen LogP contribution in [0.25, 0.3) is 0 Å². The predicted molar refractivity (Wildman–Crippen MR) is 72.4 cm³/mol. The molecule has 1 aliphatic rings. The van der Waals surface area contributed by atoms with Crippen LogP contribution in [0.1, 0.15) is 46.0 Å². The highest BCUT2D eigenvalue weighted by Gasteiger charge is 2.17. The van der Waals surface area contributed by atoms with E-state index in [0.29, 0.717) is 6.61 Å². The molecule has 18 heavy (non-hydrogen) atoms. The number of ether oxygens (including phenoxy) is 2. The number of allylic oxidation sites excluding steroid dienone is 3. The largest absolute Gasteiger partial charge is 0.349 e. The van der Waals surface area contributed by atoms with Crippen molar-refractivity contribution in [3.8, 4) is 0 Å². The second-order valence-corrected chi connectivity index (χ2v) is 4.47. The zero-order chi connectivity index (χ0) is 13.2. The Morgan fingerprint density at radius 3 is 2.61 bits per heavy atom. The van der Waals surface area contributed by atoms with Crippen LogP contribution in [0.5, 0.6) is 0 Å². The summed E-state index contributed by atoms with van der Waals surface area (Å²) in [5.41, 5.74) is 1.99. The van der Waals surface area contributed by atoms with Crippen molar-refractivity contribution < 1.29 is 14.3 Å². The molecule has 0 spiro atoms. The standard InChI is InChI=1S/C15H24O3/c1-3-5-6-11-18-15(17-4-2)14-9-7-13(12-16)8-10-14/h7,9,12,15H,3-6,8,10-11H2,1-2H3. The molecule has 0 aromatic rings. The molecule has 0 amide bonds. The van der Waals surface area contributed by atoms with Gasteiger partial charge in [-0.2, -0.15) is 0 Å². The van der Waals surface area contributed by atoms with E-state index in [1.165, 1.54) is 12.8 Å². The van der Waals surface area contributed by atoms with Crippen LogP contribution in [0, 0.1) is 0 Å². The highest BCUT2D eigenvalue weighted by Crippen LogP contribution is 2.22. The van der Waals surface area contributed by atoms with Crippen molar-refractivity contribution in [1.29, 1.82) is 0 Å². The Labute approximate surface area is 110 Å². The van der Waals surface area contributed by atoms with Crippen molar-refractivity contribution in [1.82, 2.24) is 0 Å². The van der Waals surface area contributed by atoms with Gasteiger partial charge in [0, 0.05) is 6.61 Å². The van der Waals surface area contributed by atoms with Crippen LogP contribution in [0.4, 0.5) is 0 Å². The lowest BCUT2D eigenvalue weighted by Gasteiger charge is -2.22. The van der Waals surface area contributed by atoms with Gasteiger partial charge in [-0.25, -0.2) is 0 Å². The van der Waals surface area contributed by atoms with Gasteiger partial charge in [-0.15, -0.1) is 0 Å². The SMILES string of the molecule is CCCCCOC(OCC)C1=CC=C(C=O)CC1. The molecule has 0 saturated heterocycles. The fourth-order valence-electron chi connectivity index (χ4n) is 1.92. The van der Waals surface area contributed by atoms with Crippen LogP contribution in [0.3, 0.4) is 0 Å². The first kappa shape index (κ1) is 15.1. The molecule has 1 rings (SSSR count). The fourth-order valence-corrected chi connectivity index (χ4v) is 1.92. The maximum absolute atomic E-state index is 10.6. The third-order valence-electron chi connectivity index (χ3n) is 3.00. The molecule has 0 aliphatic heterocycles. The minimum atomic E-state index is -0.240. The van der Waals surface area contributed by atoms with Crippen LogP contribution >= 0.6 is 0 Å². The van der Waals surface area contributed by atoms with Crippen LogP contribution in [-0.4, -0.2) is 25.8 Å². The topological polar surface area (TPSA) is 35.5 Å². The number of carbonyl (C=O) groups is 1. The third-order valence-corrected chi connectivity index (χ3v) is 3.00. The molecule has 0 aromatic heterocycles. The molecule has 1 atom stereocenters. The van der Waals surface area contributed by atoms with Crippen molar-refractivity contribution in [2.75, 3.05) is 13.2 Å². The summed E-state index contributed by atoms with van der Waals surface area (Å²) in [5.74, 6) is 0. The summed E-state index contributed by atoms with van der Waals surface area (Å²) in [6.45, 7) is 5.52. The second-order valence-electron chi connectivity index (χ2n) is 4.47. The summed E-state index contributed by atoms with van der Waals surface area (Å²) in [6.07, 6.45) is 9.61. The molecule has 0 N–H and O–H groups in total. The molecule has 1 unspecified atom stereocenters. The lowest BCUT2D eigenvalue weighted by molar-refractivity contribution is -0.117. The lowest BCUT2D eigenvalue weighted by Crippen LogP contribution is -2.22. The quantitative estimate of drug-likeness (QED) is 0.358. The molecule has 0 saturated carbocycles. The molecule has 0 bridgehead atoms. The van der Waals surface area contributed by atoms with Gasteiger partial charge in [-0.3, -0.25) is 4.79 Å². The van der Waals surface area contributed by atoms with Crippen LogP contribution in [0.15, 0.2) is 23.3 Å². The minimum absolute atomic E-state index is 0.240. The zero-order valence-electron chi connectivity index (χ0n) is 11.5. The monoisotopic (exact) mass is 252 g/mol. The Morgan fingerprint density at radius 1 is 1.22 bits per heavy atom. The van der Waals surface area contributed by atoms with Crippen molar-refractivity contribution >= 4 is 6.29 Å². The maximum Gasteiger partial charge on any atom is 0.180 e. The van der Waals surface area contributed by atoms with Crippen LogP contribution < -0.4 is 0 Å². The molecule has 3 nitrogen and oxygen atoms in total. The Balaban J connectivity index is 2.48. The Kier molecular flexibility index (Phi) is 7.62. The Bertz CT molecular complexity index is 305. The van der Waals surface area contributed by atoms with E-state index in [2.05, 4.69) is 6.92 Å². The molecule has 0 aromatic carbocycles. The van der Waals surface area contributed by atoms with E-state index in [-0.39, 0.29) is 6.29 Å². The molecular weight excluding hydrogens is 228 g/mol. The summed E-state index contributed by atoms with van der Waals surface area (Å²) >= 11 is 0. The first-order valence-corrected chi connectivity index (χ1v) is 6.89. The maximum atomic E-state index is 10.6. The van der Waals surface area contributed by atoms with Crippen molar-refractivity contribution in [2.45, 2.75) is 52.2 Å². The highest BCUT2D eigenvalue weighted by molar-refractivity contribution is 5.74. The number of carbonyl (C=O) groups excluding carboxylic acids is 1. The molecular formula is C15H24O3.